The molecule has 3 rings (SSSR count). The van der Waals surface area contributed by atoms with Gasteiger partial charge >= 0.3 is 5.97 Å². The van der Waals surface area contributed by atoms with Gasteiger partial charge in [-0.3, -0.25) is 9.59 Å². The quantitative estimate of drug-likeness (QED) is 0.861. The van der Waals surface area contributed by atoms with Crippen LogP contribution in [0.1, 0.15) is 18.7 Å². The second-order valence-electron chi connectivity index (χ2n) is 5.85. The molecular weight excluding hydrogens is 312 g/mol. The lowest BCUT2D eigenvalue weighted by Gasteiger charge is -2.34. The highest BCUT2D eigenvalue weighted by molar-refractivity contribution is 5.78. The number of fused-ring (bicyclic) bond motifs is 1. The number of amides is 1. The highest BCUT2D eigenvalue weighted by atomic mass is 16.5. The van der Waals surface area contributed by atoms with Crippen LogP contribution in [0.25, 0.3) is 11.2 Å². The van der Waals surface area contributed by atoms with Crippen molar-refractivity contribution in [2.75, 3.05) is 19.8 Å². The van der Waals surface area contributed by atoms with Gasteiger partial charge in [0.1, 0.15) is 11.3 Å². The maximum atomic E-state index is 12.5. The smallest absolute Gasteiger partial charge is 0.305 e. The van der Waals surface area contributed by atoms with Crippen LogP contribution in [0.15, 0.2) is 18.3 Å². The fraction of sp³-hybridized carbons (Fsp3) is 0.500. The van der Waals surface area contributed by atoms with E-state index < -0.39 is 12.0 Å². The number of aliphatic carboxylic acids is 1. The summed E-state index contributed by atoms with van der Waals surface area (Å²) in [7, 11) is 1.88. The molecule has 2 aromatic rings. The minimum absolute atomic E-state index is 0.0652. The molecule has 1 unspecified atom stereocenters. The van der Waals surface area contributed by atoms with Crippen LogP contribution in [0.2, 0.25) is 0 Å². The Morgan fingerprint density at radius 1 is 1.46 bits per heavy atom. The van der Waals surface area contributed by atoms with Gasteiger partial charge in [0, 0.05) is 32.6 Å². The van der Waals surface area contributed by atoms with E-state index in [1.807, 2.05) is 23.7 Å². The SMILES string of the molecule is Cn1c(CCC(=O)N2CCOCC2CC(=O)O)nc2cccnc21. The maximum absolute atomic E-state index is 12.5. The van der Waals surface area contributed by atoms with Crippen LogP contribution < -0.4 is 0 Å². The molecule has 1 saturated heterocycles. The Hall–Kier alpha value is -2.48. The van der Waals surface area contributed by atoms with Gasteiger partial charge in [0.25, 0.3) is 0 Å². The summed E-state index contributed by atoms with van der Waals surface area (Å²) in [5.74, 6) is -0.200. The number of rotatable bonds is 5. The van der Waals surface area contributed by atoms with Crippen molar-refractivity contribution in [1.29, 1.82) is 0 Å². The summed E-state index contributed by atoms with van der Waals surface area (Å²) < 4.78 is 7.19. The van der Waals surface area contributed by atoms with Crippen molar-refractivity contribution in [2.45, 2.75) is 25.3 Å². The van der Waals surface area contributed by atoms with E-state index in [-0.39, 0.29) is 25.4 Å². The summed E-state index contributed by atoms with van der Waals surface area (Å²) in [6, 6.07) is 3.32. The molecule has 1 atom stereocenters. The van der Waals surface area contributed by atoms with Gasteiger partial charge < -0.3 is 19.3 Å². The first kappa shape index (κ1) is 16.4. The zero-order chi connectivity index (χ0) is 17.1. The number of aryl methyl sites for hydroxylation is 2. The predicted molar refractivity (Wildman–Crippen MR) is 85.4 cm³/mol. The molecule has 0 bridgehead atoms. The van der Waals surface area contributed by atoms with E-state index in [1.165, 1.54) is 0 Å². The third-order valence-corrected chi connectivity index (χ3v) is 4.24. The molecule has 8 heteroatoms. The van der Waals surface area contributed by atoms with Gasteiger partial charge in [-0.25, -0.2) is 9.97 Å². The number of hydrogen-bond acceptors (Lipinski definition) is 5. The molecule has 24 heavy (non-hydrogen) atoms. The first-order valence-corrected chi connectivity index (χ1v) is 7.91. The van der Waals surface area contributed by atoms with Crippen molar-refractivity contribution in [3.05, 3.63) is 24.2 Å². The zero-order valence-electron chi connectivity index (χ0n) is 13.5. The van der Waals surface area contributed by atoms with Gasteiger partial charge in [0.05, 0.1) is 25.7 Å². The molecule has 128 valence electrons. The Bertz CT molecular complexity index is 758. The van der Waals surface area contributed by atoms with Gasteiger partial charge in [0.15, 0.2) is 5.65 Å². The average molecular weight is 332 g/mol. The van der Waals surface area contributed by atoms with Gasteiger partial charge in [0.2, 0.25) is 5.91 Å². The Morgan fingerprint density at radius 2 is 2.29 bits per heavy atom. The van der Waals surface area contributed by atoms with Crippen molar-refractivity contribution < 1.29 is 19.4 Å². The summed E-state index contributed by atoms with van der Waals surface area (Å²) in [6.07, 6.45) is 2.39. The van der Waals surface area contributed by atoms with Crippen LogP contribution in [-0.4, -0.2) is 62.2 Å². The van der Waals surface area contributed by atoms with Gasteiger partial charge in [-0.15, -0.1) is 0 Å². The molecule has 1 aliphatic heterocycles. The van der Waals surface area contributed by atoms with Crippen LogP contribution in [0.4, 0.5) is 0 Å². The molecule has 0 aromatic carbocycles. The van der Waals surface area contributed by atoms with E-state index in [4.69, 9.17) is 9.84 Å². The fourth-order valence-corrected chi connectivity index (χ4v) is 3.01. The second-order valence-corrected chi connectivity index (χ2v) is 5.85. The lowest BCUT2D eigenvalue weighted by Crippen LogP contribution is -2.49. The van der Waals surface area contributed by atoms with Crippen LogP contribution in [-0.2, 0) is 27.8 Å². The van der Waals surface area contributed by atoms with E-state index in [2.05, 4.69) is 9.97 Å². The Morgan fingerprint density at radius 3 is 3.04 bits per heavy atom. The Kier molecular flexibility index (Phi) is 4.75. The molecule has 0 radical (unpaired) electrons. The van der Waals surface area contributed by atoms with Gasteiger partial charge in [-0.05, 0) is 12.1 Å². The van der Waals surface area contributed by atoms with E-state index in [9.17, 15) is 9.59 Å². The number of ether oxygens (including phenoxy) is 1. The normalized spacial score (nSPS) is 18.0. The van der Waals surface area contributed by atoms with E-state index in [1.54, 1.807) is 11.1 Å². The number of nitrogens with zero attached hydrogens (tertiary/aromatic N) is 4. The number of morpholine rings is 1. The second kappa shape index (κ2) is 6.96. The number of pyridine rings is 1. The molecule has 2 aromatic heterocycles. The molecule has 8 nitrogen and oxygen atoms in total. The number of carboxylic acid groups (broad SMARTS) is 1. The third kappa shape index (κ3) is 3.38. The Balaban J connectivity index is 1.67. The first-order chi connectivity index (χ1) is 11.6. The minimum Gasteiger partial charge on any atom is -0.481 e. The molecule has 0 spiro atoms. The molecule has 1 N–H and O–H groups in total. The maximum Gasteiger partial charge on any atom is 0.305 e. The molecule has 0 aliphatic carbocycles. The average Bonchev–Trinajstić information content (AvgIpc) is 2.89. The van der Waals surface area contributed by atoms with Gasteiger partial charge in [-0.2, -0.15) is 0 Å². The van der Waals surface area contributed by atoms with Crippen molar-refractivity contribution in [2.24, 2.45) is 7.05 Å². The summed E-state index contributed by atoms with van der Waals surface area (Å²) >= 11 is 0. The zero-order valence-corrected chi connectivity index (χ0v) is 13.5. The summed E-state index contributed by atoms with van der Waals surface area (Å²) in [5, 5.41) is 8.98. The Labute approximate surface area is 139 Å². The van der Waals surface area contributed by atoms with E-state index in [0.717, 1.165) is 17.0 Å². The standard InChI is InChI=1S/C16H20N4O4/c1-19-13(18-12-3-2-6-17-16(12)19)4-5-14(21)20-7-8-24-10-11(20)9-15(22)23/h2-3,6,11H,4-5,7-10H2,1H3,(H,22,23). The first-order valence-electron chi connectivity index (χ1n) is 7.91. The summed E-state index contributed by atoms with van der Waals surface area (Å²) in [5.41, 5.74) is 1.59. The predicted octanol–water partition coefficient (Wildman–Crippen LogP) is 0.603. The van der Waals surface area contributed by atoms with Crippen LogP contribution >= 0.6 is 0 Å². The van der Waals surface area contributed by atoms with E-state index in [0.29, 0.717) is 19.6 Å². The number of aromatic nitrogens is 3. The van der Waals surface area contributed by atoms with Gasteiger partial charge in [-0.1, -0.05) is 0 Å². The topological polar surface area (TPSA) is 97.5 Å². The number of carbonyl (C=O) groups is 2. The fourth-order valence-electron chi connectivity index (χ4n) is 3.01. The molecule has 3 heterocycles. The van der Waals surface area contributed by atoms with Crippen LogP contribution in [0.3, 0.4) is 0 Å². The van der Waals surface area contributed by atoms with E-state index >= 15 is 0 Å². The van der Waals surface area contributed by atoms with Crippen molar-refractivity contribution in [1.82, 2.24) is 19.4 Å². The van der Waals surface area contributed by atoms with Crippen LogP contribution in [0, 0.1) is 0 Å². The number of imidazole rings is 1. The number of carbonyl (C=O) groups excluding carboxylic acids is 1. The lowest BCUT2D eigenvalue weighted by atomic mass is 10.1. The molecule has 0 saturated carbocycles. The van der Waals surface area contributed by atoms with Crippen molar-refractivity contribution in [3.63, 3.8) is 0 Å². The van der Waals surface area contributed by atoms with Crippen molar-refractivity contribution >= 4 is 23.0 Å². The monoisotopic (exact) mass is 332 g/mol. The number of carboxylic acids is 1. The molecule has 1 fully saturated rings. The lowest BCUT2D eigenvalue weighted by molar-refractivity contribution is -0.146. The number of hydrogen-bond donors (Lipinski definition) is 1. The van der Waals surface area contributed by atoms with Crippen molar-refractivity contribution in [3.8, 4) is 0 Å². The van der Waals surface area contributed by atoms with Crippen LogP contribution in [0.5, 0.6) is 0 Å². The summed E-state index contributed by atoms with van der Waals surface area (Å²) in [6.45, 7) is 1.15. The minimum atomic E-state index is -0.926. The third-order valence-electron chi connectivity index (χ3n) is 4.24. The molecular formula is C16H20N4O4. The molecule has 1 amide bonds. The largest absolute Gasteiger partial charge is 0.481 e. The molecule has 1 aliphatic rings. The summed E-state index contributed by atoms with van der Waals surface area (Å²) in [4.78, 5) is 33.9. The highest BCUT2D eigenvalue weighted by Crippen LogP contribution is 2.16. The highest BCUT2D eigenvalue weighted by Gasteiger charge is 2.29.